The molecule has 0 bridgehead atoms. The van der Waals surface area contributed by atoms with Crippen LogP contribution in [0.1, 0.15) is 6.92 Å². The Hall–Kier alpha value is -0.700. The predicted molar refractivity (Wildman–Crippen MR) is 58.1 cm³/mol. The molecule has 1 amide bonds. The highest BCUT2D eigenvalue weighted by molar-refractivity contribution is 7.85. The quantitative estimate of drug-likeness (QED) is 0.301. The molecule has 0 spiro atoms. The molecular formula is C8H19N2O5S+. The van der Waals surface area contributed by atoms with Crippen LogP contribution in [0.15, 0.2) is 0 Å². The van der Waals surface area contributed by atoms with Crippen molar-refractivity contribution in [1.82, 2.24) is 5.32 Å². The van der Waals surface area contributed by atoms with Gasteiger partial charge in [-0.3, -0.25) is 9.35 Å². The second kappa shape index (κ2) is 5.58. The molecule has 0 radical (unpaired) electrons. The molecule has 0 heterocycles. The zero-order valence-corrected chi connectivity index (χ0v) is 10.5. The Bertz CT molecular complexity index is 338. The van der Waals surface area contributed by atoms with Gasteiger partial charge in [0.15, 0.2) is 6.67 Å². The van der Waals surface area contributed by atoms with E-state index in [0.717, 1.165) is 0 Å². The minimum absolute atomic E-state index is 0.111. The molecule has 0 aliphatic carbocycles. The third-order valence-corrected chi connectivity index (χ3v) is 2.67. The van der Waals surface area contributed by atoms with Gasteiger partial charge in [0.2, 0.25) is 5.91 Å². The lowest BCUT2D eigenvalue weighted by Gasteiger charge is -2.31. The maximum Gasteiger partial charge on any atom is 0.267 e. The normalized spacial score (nSPS) is 14.6. The Morgan fingerprint density at radius 3 is 2.31 bits per heavy atom. The molecule has 3 N–H and O–H groups in total. The summed E-state index contributed by atoms with van der Waals surface area (Å²) < 4.78 is 29.8. The standard InChI is InChI=1S/C8H18N2O5S/c1-7(11)9-6-10(2,3)4-8(12)5-16(13,14)15/h8,12H,4-6H2,1-3H3,(H-,9,11,13,14,15)/p+1. The third-order valence-electron chi connectivity index (χ3n) is 1.86. The van der Waals surface area contributed by atoms with Crippen molar-refractivity contribution >= 4 is 16.0 Å². The molecule has 0 aromatic carbocycles. The number of nitrogens with one attached hydrogen (secondary N) is 1. The number of hydrogen-bond acceptors (Lipinski definition) is 4. The SMILES string of the molecule is CC(=O)NC[N+](C)(C)CC(O)CS(=O)(=O)O. The molecule has 96 valence electrons. The van der Waals surface area contributed by atoms with Crippen molar-refractivity contribution in [2.75, 3.05) is 33.1 Å². The molecule has 0 saturated carbocycles. The summed E-state index contributed by atoms with van der Waals surface area (Å²) >= 11 is 0. The molecule has 1 atom stereocenters. The van der Waals surface area contributed by atoms with E-state index in [4.69, 9.17) is 4.55 Å². The van der Waals surface area contributed by atoms with Gasteiger partial charge in [0.1, 0.15) is 18.4 Å². The van der Waals surface area contributed by atoms with Gasteiger partial charge in [-0.05, 0) is 0 Å². The average molecular weight is 255 g/mol. The summed E-state index contributed by atoms with van der Waals surface area (Å²) in [7, 11) is -0.724. The largest absolute Gasteiger partial charge is 0.386 e. The topological polar surface area (TPSA) is 104 Å². The van der Waals surface area contributed by atoms with Crippen LogP contribution in [-0.4, -0.2) is 67.6 Å². The molecule has 7 nitrogen and oxygen atoms in total. The van der Waals surface area contributed by atoms with Crippen LogP contribution < -0.4 is 5.32 Å². The Morgan fingerprint density at radius 2 is 1.94 bits per heavy atom. The van der Waals surface area contributed by atoms with Crippen LogP contribution in [0.4, 0.5) is 0 Å². The van der Waals surface area contributed by atoms with Gasteiger partial charge in [0.25, 0.3) is 10.1 Å². The molecule has 0 aliphatic rings. The fourth-order valence-corrected chi connectivity index (χ4v) is 1.85. The number of carbonyl (C=O) groups excluding carboxylic acids is 1. The molecule has 16 heavy (non-hydrogen) atoms. The number of nitrogens with zero attached hydrogens (tertiary/aromatic N) is 1. The molecule has 0 aromatic heterocycles. The highest BCUT2D eigenvalue weighted by atomic mass is 32.2. The van der Waals surface area contributed by atoms with Crippen LogP contribution in [0.5, 0.6) is 0 Å². The molecule has 0 rings (SSSR count). The summed E-state index contributed by atoms with van der Waals surface area (Å²) in [6.45, 7) is 1.76. The first-order valence-corrected chi connectivity index (χ1v) is 6.32. The lowest BCUT2D eigenvalue weighted by Crippen LogP contribution is -2.52. The van der Waals surface area contributed by atoms with Crippen molar-refractivity contribution in [3.8, 4) is 0 Å². The summed E-state index contributed by atoms with van der Waals surface area (Å²) in [5.41, 5.74) is 0. The second-order valence-corrected chi connectivity index (χ2v) is 5.91. The molecular weight excluding hydrogens is 236 g/mol. The van der Waals surface area contributed by atoms with Crippen molar-refractivity contribution in [2.45, 2.75) is 13.0 Å². The molecule has 0 saturated heterocycles. The third kappa shape index (κ3) is 8.60. The van der Waals surface area contributed by atoms with Crippen LogP contribution in [0.3, 0.4) is 0 Å². The maximum atomic E-state index is 10.7. The smallest absolute Gasteiger partial charge is 0.267 e. The van der Waals surface area contributed by atoms with E-state index in [1.165, 1.54) is 6.92 Å². The van der Waals surface area contributed by atoms with E-state index in [2.05, 4.69) is 5.32 Å². The molecule has 0 fully saturated rings. The van der Waals surface area contributed by atoms with E-state index >= 15 is 0 Å². The minimum atomic E-state index is -4.17. The number of aliphatic hydroxyl groups excluding tert-OH is 1. The van der Waals surface area contributed by atoms with Crippen molar-refractivity contribution in [3.05, 3.63) is 0 Å². The van der Waals surface area contributed by atoms with Gasteiger partial charge < -0.3 is 14.9 Å². The first-order chi connectivity index (χ1) is 7.02. The zero-order valence-electron chi connectivity index (χ0n) is 9.67. The Balaban J connectivity index is 4.19. The van der Waals surface area contributed by atoms with Crippen molar-refractivity contribution in [1.29, 1.82) is 0 Å². The van der Waals surface area contributed by atoms with E-state index in [-0.39, 0.29) is 23.6 Å². The summed E-state index contributed by atoms with van der Waals surface area (Å²) in [6.07, 6.45) is -1.17. The molecule has 8 heteroatoms. The fourth-order valence-electron chi connectivity index (χ4n) is 1.26. The van der Waals surface area contributed by atoms with Gasteiger partial charge in [-0.25, -0.2) is 0 Å². The molecule has 0 aromatic rings. The fraction of sp³-hybridized carbons (Fsp3) is 0.875. The van der Waals surface area contributed by atoms with Crippen molar-refractivity contribution in [2.24, 2.45) is 0 Å². The van der Waals surface area contributed by atoms with E-state index in [0.29, 0.717) is 0 Å². The van der Waals surface area contributed by atoms with E-state index in [9.17, 15) is 18.3 Å². The highest BCUT2D eigenvalue weighted by Gasteiger charge is 2.24. The second-order valence-electron chi connectivity index (χ2n) is 4.41. The predicted octanol–water partition coefficient (Wildman–Crippen LogP) is -1.59. The number of rotatable bonds is 6. The van der Waals surface area contributed by atoms with E-state index in [1.54, 1.807) is 14.1 Å². The number of amides is 1. The van der Waals surface area contributed by atoms with Gasteiger partial charge in [0.05, 0.1) is 14.1 Å². The van der Waals surface area contributed by atoms with Gasteiger partial charge in [-0.1, -0.05) is 0 Å². The summed E-state index contributed by atoms with van der Waals surface area (Å²) in [5, 5.41) is 12.0. The van der Waals surface area contributed by atoms with Gasteiger partial charge in [-0.15, -0.1) is 0 Å². The van der Waals surface area contributed by atoms with Gasteiger partial charge in [0, 0.05) is 6.92 Å². The lowest BCUT2D eigenvalue weighted by molar-refractivity contribution is -0.894. The monoisotopic (exact) mass is 255 g/mol. The van der Waals surface area contributed by atoms with Crippen LogP contribution >= 0.6 is 0 Å². The number of likely N-dealkylation sites (N-methyl/N-ethyl adjacent to an activating group) is 1. The number of carbonyl (C=O) groups is 1. The van der Waals surface area contributed by atoms with Crippen LogP contribution in [-0.2, 0) is 14.9 Å². The zero-order chi connectivity index (χ0) is 13.0. The maximum absolute atomic E-state index is 10.7. The van der Waals surface area contributed by atoms with Crippen LogP contribution in [0.25, 0.3) is 0 Å². The minimum Gasteiger partial charge on any atom is -0.386 e. The lowest BCUT2D eigenvalue weighted by atomic mass is 10.3. The molecule has 0 aliphatic heterocycles. The first kappa shape index (κ1) is 15.3. The first-order valence-electron chi connectivity index (χ1n) is 4.71. The summed E-state index contributed by atoms with van der Waals surface area (Å²) in [5.74, 6) is -0.898. The van der Waals surface area contributed by atoms with E-state index < -0.39 is 22.0 Å². The average Bonchev–Trinajstić information content (AvgIpc) is 1.95. The summed E-state index contributed by atoms with van der Waals surface area (Å²) in [6, 6.07) is 0. The van der Waals surface area contributed by atoms with Gasteiger partial charge >= 0.3 is 0 Å². The Morgan fingerprint density at radius 1 is 1.44 bits per heavy atom. The summed E-state index contributed by atoms with van der Waals surface area (Å²) in [4.78, 5) is 10.7. The Labute approximate surface area is 95.4 Å². The highest BCUT2D eigenvalue weighted by Crippen LogP contribution is 2.00. The van der Waals surface area contributed by atoms with E-state index in [1.807, 2.05) is 0 Å². The van der Waals surface area contributed by atoms with Crippen molar-refractivity contribution in [3.63, 3.8) is 0 Å². The van der Waals surface area contributed by atoms with Crippen LogP contribution in [0.2, 0.25) is 0 Å². The number of quaternary nitrogens is 1. The van der Waals surface area contributed by atoms with Crippen LogP contribution in [0, 0.1) is 0 Å². The molecule has 1 unspecified atom stereocenters. The number of hydrogen-bond donors (Lipinski definition) is 3. The number of aliphatic hydroxyl groups is 1. The van der Waals surface area contributed by atoms with Gasteiger partial charge in [-0.2, -0.15) is 8.42 Å². The van der Waals surface area contributed by atoms with Crippen molar-refractivity contribution < 1.29 is 27.4 Å². The Kier molecular flexibility index (Phi) is 5.33.